The van der Waals surface area contributed by atoms with Gasteiger partial charge in [0.25, 0.3) is 0 Å². The fraction of sp³-hybridized carbons (Fsp3) is 0.571. The second-order valence-corrected chi connectivity index (χ2v) is 11.5. The number of hydrogen-bond acceptors (Lipinski definition) is 10. The molecule has 2 fully saturated rings. The summed E-state index contributed by atoms with van der Waals surface area (Å²) in [6.45, 7) is 3.09. The molecule has 152 valence electrons. The molecule has 0 amide bonds. The summed E-state index contributed by atoms with van der Waals surface area (Å²) >= 11 is 0. The Morgan fingerprint density at radius 3 is 2.74 bits per heavy atom. The van der Waals surface area contributed by atoms with Gasteiger partial charge in [-0.15, -0.1) is 0 Å². The molecule has 1 aliphatic carbocycles. The molecule has 4 atom stereocenters. The van der Waals surface area contributed by atoms with Crippen LogP contribution in [0.15, 0.2) is 30.9 Å². The molecule has 13 heteroatoms. The Hall–Kier alpha value is -0.840. The number of Topliss-reactive ketones (excluding diaryl/α,β-unsaturated/α-hetero) is 1. The van der Waals surface area contributed by atoms with Crippen molar-refractivity contribution in [1.29, 1.82) is 0 Å². The molecule has 11 nitrogen and oxygen atoms in total. The van der Waals surface area contributed by atoms with E-state index in [2.05, 4.69) is 11.6 Å². The second kappa shape index (κ2) is 6.89. The van der Waals surface area contributed by atoms with E-state index >= 15 is 0 Å². The molecule has 1 aromatic heterocycles. The third-order valence-electron chi connectivity index (χ3n) is 5.19. The number of nitrogens with two attached hydrogens (primary N) is 1. The molecule has 2 bridgehead atoms. The average Bonchev–Trinajstić information content (AvgIpc) is 3.35. The summed E-state index contributed by atoms with van der Waals surface area (Å²) in [5.74, 6) is -0.475. The summed E-state index contributed by atoms with van der Waals surface area (Å²) in [6.07, 6.45) is 4.46. The predicted molar refractivity (Wildman–Crippen MR) is 96.1 cm³/mol. The molecule has 2 heterocycles. The Balaban J connectivity index is 2.02. The van der Waals surface area contributed by atoms with E-state index in [0.29, 0.717) is 0 Å². The zero-order valence-electron chi connectivity index (χ0n) is 14.6. The van der Waals surface area contributed by atoms with Crippen LogP contribution in [0.2, 0.25) is 0 Å². The molecule has 1 saturated heterocycles. The Kier molecular flexibility index (Phi) is 5.33. The molecule has 4 unspecified atom stereocenters. The van der Waals surface area contributed by atoms with Crippen molar-refractivity contribution in [3.8, 4) is 0 Å². The van der Waals surface area contributed by atoms with Crippen LogP contribution in [0.3, 0.4) is 0 Å². The maximum atomic E-state index is 12.3. The van der Waals surface area contributed by atoms with Crippen molar-refractivity contribution >= 4 is 21.9 Å². The molecule has 0 aromatic carbocycles. The minimum absolute atomic E-state index is 0.0835. The third-order valence-corrected chi connectivity index (χ3v) is 10.6. The van der Waals surface area contributed by atoms with E-state index in [0.717, 1.165) is 7.11 Å². The Bertz CT molecular complexity index is 735. The predicted octanol–water partition coefficient (Wildman–Crippen LogP) is -0.681. The van der Waals surface area contributed by atoms with Crippen molar-refractivity contribution < 1.29 is 38.9 Å². The third kappa shape index (κ3) is 2.82. The van der Waals surface area contributed by atoms with Crippen molar-refractivity contribution in [3.63, 3.8) is 0 Å². The number of nitrogens with zero attached hydrogens (tertiary/aromatic N) is 2. The number of imidazole rings is 1. The number of carbonyl (C=O) groups excluding carboxylic acids is 1. The van der Waals surface area contributed by atoms with Crippen LogP contribution in [0.4, 0.5) is 0 Å². The first-order valence-corrected chi connectivity index (χ1v) is 11.2. The number of aliphatic hydroxyl groups is 1. The van der Waals surface area contributed by atoms with E-state index in [4.69, 9.17) is 20.0 Å². The SMILES string of the molecule is C=C1C2(C(=O)CN)CCC1(P(O)C(O)(Cn1ccnc1)[PH](O)(O)OC)OO2. The zero-order valence-corrected chi connectivity index (χ0v) is 16.5. The van der Waals surface area contributed by atoms with Crippen molar-refractivity contribution in [2.24, 2.45) is 5.73 Å². The summed E-state index contributed by atoms with van der Waals surface area (Å²) in [5, 5.41) is 7.06. The van der Waals surface area contributed by atoms with Gasteiger partial charge in [-0.3, -0.25) is 0 Å². The van der Waals surface area contributed by atoms with Gasteiger partial charge in [-0.25, -0.2) is 0 Å². The van der Waals surface area contributed by atoms with Gasteiger partial charge in [-0.05, 0) is 0 Å². The van der Waals surface area contributed by atoms with E-state index in [1.54, 1.807) is 0 Å². The van der Waals surface area contributed by atoms with Gasteiger partial charge in [0.15, 0.2) is 0 Å². The molecule has 1 aromatic rings. The first kappa shape index (κ1) is 20.9. The van der Waals surface area contributed by atoms with Gasteiger partial charge in [0.2, 0.25) is 0 Å². The van der Waals surface area contributed by atoms with Gasteiger partial charge >= 0.3 is 156 Å². The summed E-state index contributed by atoms with van der Waals surface area (Å²) in [4.78, 5) is 58.7. The van der Waals surface area contributed by atoms with E-state index in [9.17, 15) is 24.6 Å². The van der Waals surface area contributed by atoms with Crippen LogP contribution in [0.5, 0.6) is 0 Å². The van der Waals surface area contributed by atoms with Gasteiger partial charge in [0, 0.05) is 0 Å². The maximum absolute atomic E-state index is 12.3. The number of aromatic nitrogens is 2. The van der Waals surface area contributed by atoms with Crippen LogP contribution in [0.25, 0.3) is 0 Å². The summed E-state index contributed by atoms with van der Waals surface area (Å²) in [6, 6.07) is 0. The Morgan fingerprint density at radius 2 is 2.26 bits per heavy atom. The summed E-state index contributed by atoms with van der Waals surface area (Å²) < 4.78 is 6.14. The van der Waals surface area contributed by atoms with Gasteiger partial charge in [0.1, 0.15) is 0 Å². The molecular formula is C14H23N3O8P2. The standard InChI is InChI=1S/C14H23N3O8P2/c1-10-12(11(18)7-15)3-4-13(10,25-24-12)26(20)14(19,27(21,22)23-2)8-17-6-5-16-9-17/h5-6,9,19-22,27H,1,3-4,7-8,15H2,2H3. The van der Waals surface area contributed by atoms with Crippen LogP contribution in [0, 0.1) is 0 Å². The topological polar surface area (TPSA) is 170 Å². The molecule has 0 radical (unpaired) electrons. The fourth-order valence-corrected chi connectivity index (χ4v) is 7.88. The number of carbonyl (C=O) groups is 1. The molecule has 27 heavy (non-hydrogen) atoms. The van der Waals surface area contributed by atoms with Crippen LogP contribution in [-0.4, -0.2) is 64.8 Å². The van der Waals surface area contributed by atoms with Crippen molar-refractivity contribution in [3.05, 3.63) is 30.9 Å². The number of rotatable bonds is 8. The monoisotopic (exact) mass is 423 g/mol. The molecule has 1 aliphatic heterocycles. The minimum atomic E-state index is -4.85. The Morgan fingerprint density at radius 1 is 1.56 bits per heavy atom. The number of hydrogen-bond donors (Lipinski definition) is 5. The molecule has 2 aliphatic rings. The number of ketones is 1. The first-order chi connectivity index (χ1) is 12.6. The van der Waals surface area contributed by atoms with E-state index < -0.39 is 44.4 Å². The van der Waals surface area contributed by atoms with E-state index in [1.807, 2.05) is 0 Å². The van der Waals surface area contributed by atoms with E-state index in [-0.39, 0.29) is 25.0 Å². The quantitative estimate of drug-likeness (QED) is 0.205. The molecular weight excluding hydrogens is 400 g/mol. The van der Waals surface area contributed by atoms with Gasteiger partial charge < -0.3 is 0 Å². The molecule has 3 rings (SSSR count). The van der Waals surface area contributed by atoms with Crippen LogP contribution in [0.1, 0.15) is 12.8 Å². The van der Waals surface area contributed by atoms with Gasteiger partial charge in [0.05, 0.1) is 0 Å². The average molecular weight is 423 g/mol. The fourth-order valence-electron chi connectivity index (χ4n) is 3.48. The Labute approximate surface area is 156 Å². The first-order valence-electron chi connectivity index (χ1n) is 8.07. The summed E-state index contributed by atoms with van der Waals surface area (Å²) in [5.41, 5.74) is 4.03. The van der Waals surface area contributed by atoms with Crippen molar-refractivity contribution in [2.45, 2.75) is 35.4 Å². The molecule has 0 spiro atoms. The second-order valence-electron chi connectivity index (χ2n) is 6.56. The zero-order chi connectivity index (χ0) is 20.1. The van der Waals surface area contributed by atoms with Gasteiger partial charge in [-0.1, -0.05) is 0 Å². The van der Waals surface area contributed by atoms with Crippen LogP contribution in [-0.2, 0) is 25.6 Å². The molecule has 1 saturated carbocycles. The van der Waals surface area contributed by atoms with Gasteiger partial charge in [-0.2, -0.15) is 0 Å². The van der Waals surface area contributed by atoms with Crippen molar-refractivity contribution in [1.82, 2.24) is 9.55 Å². The van der Waals surface area contributed by atoms with Crippen LogP contribution < -0.4 is 5.73 Å². The summed E-state index contributed by atoms with van der Waals surface area (Å²) in [7, 11) is -6.60. The number of fused-ring (bicyclic) bond motifs is 2. The van der Waals surface area contributed by atoms with Crippen LogP contribution >= 0.6 is 16.1 Å². The molecule has 6 N–H and O–H groups in total. The normalized spacial score (nSPS) is 31.7. The van der Waals surface area contributed by atoms with Crippen molar-refractivity contribution in [2.75, 3.05) is 13.7 Å². The van der Waals surface area contributed by atoms with E-state index in [1.165, 1.54) is 23.3 Å².